The molecular formula is C20H18FN3O3S2. The summed E-state index contributed by atoms with van der Waals surface area (Å²) in [6, 6.07) is 11.0. The van der Waals surface area contributed by atoms with E-state index in [2.05, 4.69) is 10.3 Å². The Bertz CT molecular complexity index is 1200. The fourth-order valence-electron chi connectivity index (χ4n) is 3.35. The molecule has 4 rings (SSSR count). The number of amides is 1. The minimum atomic E-state index is -3.33. The van der Waals surface area contributed by atoms with E-state index in [0.717, 1.165) is 16.0 Å². The lowest BCUT2D eigenvalue weighted by atomic mass is 10.1. The maximum atomic E-state index is 13.1. The van der Waals surface area contributed by atoms with Gasteiger partial charge in [-0.25, -0.2) is 17.8 Å². The Hall–Kier alpha value is -2.78. The summed E-state index contributed by atoms with van der Waals surface area (Å²) in [7, 11) is -3.33. The zero-order chi connectivity index (χ0) is 20.8. The van der Waals surface area contributed by atoms with E-state index in [4.69, 9.17) is 0 Å². The molecular weight excluding hydrogens is 413 g/mol. The van der Waals surface area contributed by atoms with Crippen LogP contribution < -0.4 is 9.62 Å². The number of benzene rings is 2. The number of aryl methyl sites for hydroxylation is 1. The molecule has 2 aromatic carbocycles. The molecule has 0 fully saturated rings. The summed E-state index contributed by atoms with van der Waals surface area (Å²) in [5.74, 6) is -0.633. The quantitative estimate of drug-likeness (QED) is 0.681. The van der Waals surface area contributed by atoms with Crippen molar-refractivity contribution >= 4 is 38.1 Å². The van der Waals surface area contributed by atoms with Gasteiger partial charge in [0.05, 0.1) is 17.6 Å². The average Bonchev–Trinajstić information content (AvgIpc) is 3.25. The van der Waals surface area contributed by atoms with Gasteiger partial charge in [0.1, 0.15) is 5.82 Å². The van der Waals surface area contributed by atoms with Crippen LogP contribution in [0.5, 0.6) is 0 Å². The van der Waals surface area contributed by atoms with E-state index >= 15 is 0 Å². The van der Waals surface area contributed by atoms with Crippen LogP contribution in [0.2, 0.25) is 0 Å². The lowest BCUT2D eigenvalue weighted by Crippen LogP contribution is -2.27. The molecule has 0 bridgehead atoms. The maximum absolute atomic E-state index is 13.1. The van der Waals surface area contributed by atoms with Crippen LogP contribution in [0.25, 0.3) is 11.3 Å². The monoisotopic (exact) mass is 431 g/mol. The third-order valence-electron chi connectivity index (χ3n) is 4.73. The largest absolute Gasteiger partial charge is 0.298 e. The third-order valence-corrected chi connectivity index (χ3v) is 6.80. The van der Waals surface area contributed by atoms with E-state index in [-0.39, 0.29) is 11.7 Å². The van der Waals surface area contributed by atoms with Crippen LogP contribution in [0.1, 0.15) is 20.8 Å². The molecule has 150 valence electrons. The molecule has 0 unspecified atom stereocenters. The summed E-state index contributed by atoms with van der Waals surface area (Å²) in [6.45, 7) is 2.27. The van der Waals surface area contributed by atoms with E-state index in [9.17, 15) is 17.6 Å². The summed E-state index contributed by atoms with van der Waals surface area (Å²) < 4.78 is 38.2. The van der Waals surface area contributed by atoms with Crippen molar-refractivity contribution in [2.24, 2.45) is 0 Å². The number of hydrogen-bond acceptors (Lipinski definition) is 5. The zero-order valence-electron chi connectivity index (χ0n) is 15.8. The van der Waals surface area contributed by atoms with Crippen molar-refractivity contribution in [3.63, 3.8) is 0 Å². The normalized spacial score (nSPS) is 13.4. The molecule has 1 N–H and O–H groups in total. The van der Waals surface area contributed by atoms with Gasteiger partial charge in [0.2, 0.25) is 10.0 Å². The minimum absolute atomic E-state index is 0.315. The van der Waals surface area contributed by atoms with Crippen molar-refractivity contribution in [1.29, 1.82) is 0 Å². The second-order valence-electron chi connectivity index (χ2n) is 6.81. The topological polar surface area (TPSA) is 79.4 Å². The van der Waals surface area contributed by atoms with Crippen LogP contribution in [-0.2, 0) is 16.4 Å². The molecule has 1 amide bonds. The van der Waals surface area contributed by atoms with Gasteiger partial charge in [0.15, 0.2) is 5.13 Å². The molecule has 0 saturated carbocycles. The molecule has 1 aliphatic rings. The number of rotatable bonds is 4. The Balaban J connectivity index is 1.55. The fourth-order valence-corrected chi connectivity index (χ4v) is 5.14. The van der Waals surface area contributed by atoms with Crippen LogP contribution in [0.3, 0.4) is 0 Å². The number of nitrogens with one attached hydrogen (secondary N) is 1. The Kier molecular flexibility index (Phi) is 4.87. The van der Waals surface area contributed by atoms with E-state index < -0.39 is 10.0 Å². The van der Waals surface area contributed by atoms with Gasteiger partial charge in [0.25, 0.3) is 5.91 Å². The van der Waals surface area contributed by atoms with Crippen LogP contribution in [0, 0.1) is 12.7 Å². The SMILES string of the molecule is Cc1sc(NC(=O)c2ccc3c(c2)CCN3S(C)(=O)=O)nc1-c1ccc(F)cc1. The van der Waals surface area contributed by atoms with Gasteiger partial charge in [-0.3, -0.25) is 14.4 Å². The van der Waals surface area contributed by atoms with Gasteiger partial charge in [0, 0.05) is 22.5 Å². The fraction of sp³-hybridized carbons (Fsp3) is 0.200. The van der Waals surface area contributed by atoms with Crippen LogP contribution in [0.15, 0.2) is 42.5 Å². The summed E-state index contributed by atoms with van der Waals surface area (Å²) in [5, 5.41) is 3.24. The lowest BCUT2D eigenvalue weighted by Gasteiger charge is -2.16. The number of hydrogen-bond donors (Lipinski definition) is 1. The predicted molar refractivity (Wildman–Crippen MR) is 113 cm³/mol. The number of sulfonamides is 1. The molecule has 3 aromatic rings. The number of carbonyl (C=O) groups is 1. The highest BCUT2D eigenvalue weighted by Crippen LogP contribution is 2.32. The molecule has 1 aliphatic heterocycles. The number of nitrogens with zero attached hydrogens (tertiary/aromatic N) is 2. The van der Waals surface area contributed by atoms with Gasteiger partial charge in [-0.15, -0.1) is 11.3 Å². The number of halogens is 1. The number of aromatic nitrogens is 1. The van der Waals surface area contributed by atoms with E-state index in [1.54, 1.807) is 30.3 Å². The van der Waals surface area contributed by atoms with Crippen LogP contribution in [-0.4, -0.2) is 32.1 Å². The molecule has 6 nitrogen and oxygen atoms in total. The Labute approximate surface area is 172 Å². The highest BCUT2D eigenvalue weighted by Gasteiger charge is 2.27. The van der Waals surface area contributed by atoms with Gasteiger partial charge < -0.3 is 0 Å². The van der Waals surface area contributed by atoms with Crippen molar-refractivity contribution in [2.45, 2.75) is 13.3 Å². The summed E-state index contributed by atoms with van der Waals surface area (Å²) >= 11 is 1.34. The third kappa shape index (κ3) is 3.88. The molecule has 0 saturated heterocycles. The second kappa shape index (κ2) is 7.23. The first-order chi connectivity index (χ1) is 13.7. The van der Waals surface area contributed by atoms with E-state index in [1.165, 1.54) is 34.0 Å². The summed E-state index contributed by atoms with van der Waals surface area (Å²) in [4.78, 5) is 18.0. The summed E-state index contributed by atoms with van der Waals surface area (Å²) in [5.41, 5.74) is 3.36. The molecule has 0 radical (unpaired) electrons. The van der Waals surface area contributed by atoms with Crippen molar-refractivity contribution in [2.75, 3.05) is 22.4 Å². The highest BCUT2D eigenvalue weighted by molar-refractivity contribution is 7.92. The minimum Gasteiger partial charge on any atom is -0.298 e. The van der Waals surface area contributed by atoms with Gasteiger partial charge in [-0.2, -0.15) is 0 Å². The Morgan fingerprint density at radius 1 is 1.21 bits per heavy atom. The number of fused-ring (bicyclic) bond motifs is 1. The van der Waals surface area contributed by atoms with Crippen molar-refractivity contribution < 1.29 is 17.6 Å². The van der Waals surface area contributed by atoms with Crippen LogP contribution in [0.4, 0.5) is 15.2 Å². The lowest BCUT2D eigenvalue weighted by molar-refractivity contribution is 0.102. The van der Waals surface area contributed by atoms with Gasteiger partial charge in [-0.05, 0) is 61.4 Å². The molecule has 2 heterocycles. The molecule has 1 aromatic heterocycles. The molecule has 0 aliphatic carbocycles. The maximum Gasteiger partial charge on any atom is 0.257 e. The van der Waals surface area contributed by atoms with Gasteiger partial charge in [-0.1, -0.05) is 0 Å². The zero-order valence-corrected chi connectivity index (χ0v) is 17.4. The molecule has 0 atom stereocenters. The second-order valence-corrected chi connectivity index (χ2v) is 9.92. The van der Waals surface area contributed by atoms with E-state index in [0.29, 0.717) is 35.0 Å². The molecule has 9 heteroatoms. The smallest absolute Gasteiger partial charge is 0.257 e. The standard InChI is InChI=1S/C20H18FN3O3S2/c1-12-18(13-3-6-16(21)7-4-13)22-20(28-12)23-19(25)15-5-8-17-14(11-15)9-10-24(17)29(2,26)27/h3-8,11H,9-10H2,1-2H3,(H,22,23,25). The number of thiazole rings is 1. The Morgan fingerprint density at radius 2 is 1.93 bits per heavy atom. The van der Waals surface area contributed by atoms with E-state index in [1.807, 2.05) is 6.92 Å². The highest BCUT2D eigenvalue weighted by atomic mass is 32.2. The molecule has 0 spiro atoms. The van der Waals surface area contributed by atoms with Crippen molar-refractivity contribution in [1.82, 2.24) is 4.98 Å². The van der Waals surface area contributed by atoms with Gasteiger partial charge >= 0.3 is 0 Å². The summed E-state index contributed by atoms with van der Waals surface area (Å²) in [6.07, 6.45) is 1.74. The van der Waals surface area contributed by atoms with Crippen molar-refractivity contribution in [3.05, 3.63) is 64.3 Å². The predicted octanol–water partition coefficient (Wildman–Crippen LogP) is 3.83. The van der Waals surface area contributed by atoms with Crippen molar-refractivity contribution in [3.8, 4) is 11.3 Å². The first-order valence-electron chi connectivity index (χ1n) is 8.88. The number of anilines is 2. The van der Waals surface area contributed by atoms with Crippen LogP contribution >= 0.6 is 11.3 Å². The Morgan fingerprint density at radius 3 is 2.62 bits per heavy atom. The first kappa shape index (κ1) is 19.5. The first-order valence-corrected chi connectivity index (χ1v) is 11.5. The number of carbonyl (C=O) groups excluding carboxylic acids is 1. The molecule has 29 heavy (non-hydrogen) atoms. The average molecular weight is 432 g/mol.